The minimum Gasteiger partial charge on any atom is -0.310 e. The van der Waals surface area contributed by atoms with Crippen molar-refractivity contribution >= 4 is 67.8 Å². The molecule has 2 aliphatic carbocycles. The summed E-state index contributed by atoms with van der Waals surface area (Å²) in [6.45, 7) is 19.3. The van der Waals surface area contributed by atoms with Crippen molar-refractivity contribution in [2.45, 2.75) is 77.0 Å². The summed E-state index contributed by atoms with van der Waals surface area (Å²) in [5.41, 5.74) is 25.4. The minimum atomic E-state index is -0.192. The number of para-hydroxylation sites is 2. The summed E-state index contributed by atoms with van der Waals surface area (Å²) in [5, 5.41) is 5.02. The predicted molar refractivity (Wildman–Crippen MR) is 306 cm³/mol. The first-order chi connectivity index (χ1) is 34.7. The predicted octanol–water partition coefficient (Wildman–Crippen LogP) is 19.0. The van der Waals surface area contributed by atoms with E-state index in [0.29, 0.717) is 0 Å². The third kappa shape index (κ3) is 5.96. The lowest BCUT2D eigenvalue weighted by molar-refractivity contribution is 0.627. The van der Waals surface area contributed by atoms with Gasteiger partial charge in [-0.15, -0.1) is 0 Å². The van der Waals surface area contributed by atoms with E-state index in [1.54, 1.807) is 0 Å². The summed E-state index contributed by atoms with van der Waals surface area (Å²) in [4.78, 5) is 5.03. The first-order valence-electron chi connectivity index (χ1n) is 25.8. The molecule has 0 saturated carbocycles. The Balaban J connectivity index is 0.817. The largest absolute Gasteiger partial charge is 0.310 e. The number of rotatable bonds is 4. The van der Waals surface area contributed by atoms with Crippen molar-refractivity contribution in [1.82, 2.24) is 0 Å². The summed E-state index contributed by atoms with van der Waals surface area (Å²) < 4.78 is 0. The van der Waals surface area contributed by atoms with E-state index in [1.807, 2.05) is 0 Å². The lowest BCUT2D eigenvalue weighted by Gasteiger charge is -2.43. The fourth-order valence-electron chi connectivity index (χ4n) is 13.5. The van der Waals surface area contributed by atoms with Crippen molar-refractivity contribution in [1.29, 1.82) is 0 Å². The quantitative estimate of drug-likeness (QED) is 0.162. The van der Waals surface area contributed by atoms with Crippen LogP contribution in [0, 0.1) is 0 Å². The minimum absolute atomic E-state index is 0.185. The lowest BCUT2D eigenvalue weighted by atomic mass is 9.71. The van der Waals surface area contributed by atoms with E-state index in [9.17, 15) is 0 Å². The Bertz CT molecular complexity index is 3750. The normalized spacial score (nSPS) is 16.7. The van der Waals surface area contributed by atoms with Crippen molar-refractivity contribution in [3.8, 4) is 22.3 Å². The Kier molecular flexibility index (Phi) is 8.82. The molecule has 2 aliphatic heterocycles. The average Bonchev–Trinajstić information content (AvgIpc) is 3.75. The van der Waals surface area contributed by atoms with Crippen molar-refractivity contribution in [2.75, 3.05) is 9.80 Å². The summed E-state index contributed by atoms with van der Waals surface area (Å²) >= 11 is 0. The molecule has 2 heterocycles. The second-order valence-corrected chi connectivity index (χ2v) is 23.0. The maximum Gasteiger partial charge on any atom is 0.0506 e. The van der Waals surface area contributed by atoms with Crippen LogP contribution in [0.5, 0.6) is 0 Å². The fraction of sp³-hybridized carbons (Fsp3) is 0.171. The fourth-order valence-corrected chi connectivity index (χ4v) is 13.5. The van der Waals surface area contributed by atoms with Crippen molar-refractivity contribution in [3.05, 3.63) is 250 Å². The van der Waals surface area contributed by atoms with E-state index in [2.05, 4.69) is 271 Å². The SMILES string of the molecule is CC1(C)c2cc(/C=C/c3ccc4c(c3)C(C)(C)c3cc5c(cc3-4)C(C)(C)c3ccccc3N5c3ccc4ccccc4c3)ccc2-c2cc3c(cc21)N(c1ccc2ccccc2c1)c1ccccc1C3(C)C. The number of benzene rings is 10. The van der Waals surface area contributed by atoms with Crippen LogP contribution in [0.4, 0.5) is 34.1 Å². The first kappa shape index (κ1) is 42.9. The van der Waals surface area contributed by atoms with Crippen molar-refractivity contribution < 1.29 is 0 Å². The highest BCUT2D eigenvalue weighted by molar-refractivity contribution is 5.97. The van der Waals surface area contributed by atoms with Gasteiger partial charge >= 0.3 is 0 Å². The molecule has 2 heteroatoms. The van der Waals surface area contributed by atoms with E-state index >= 15 is 0 Å². The molecule has 72 heavy (non-hydrogen) atoms. The Morgan fingerprint density at radius 3 is 1.06 bits per heavy atom. The highest BCUT2D eigenvalue weighted by Crippen LogP contribution is 2.60. The van der Waals surface area contributed by atoms with Gasteiger partial charge < -0.3 is 9.80 Å². The van der Waals surface area contributed by atoms with Crippen LogP contribution in [-0.4, -0.2) is 0 Å². The van der Waals surface area contributed by atoms with Gasteiger partial charge in [0.1, 0.15) is 0 Å². The van der Waals surface area contributed by atoms with Gasteiger partial charge in [0.2, 0.25) is 0 Å². The molecular weight excluding hydrogens is 869 g/mol. The molecule has 0 amide bonds. The number of hydrogen-bond acceptors (Lipinski definition) is 2. The molecule has 348 valence electrons. The zero-order chi connectivity index (χ0) is 49.1. The number of hydrogen-bond donors (Lipinski definition) is 0. The lowest BCUT2D eigenvalue weighted by Crippen LogP contribution is -2.31. The smallest absolute Gasteiger partial charge is 0.0506 e. The average molecular weight is 927 g/mol. The Morgan fingerprint density at radius 2 is 0.625 bits per heavy atom. The molecule has 0 spiro atoms. The molecule has 0 unspecified atom stereocenters. The summed E-state index contributed by atoms with van der Waals surface area (Å²) in [5.74, 6) is 0. The maximum atomic E-state index is 2.53. The molecule has 10 aromatic carbocycles. The third-order valence-electron chi connectivity index (χ3n) is 17.5. The third-order valence-corrected chi connectivity index (χ3v) is 17.5. The van der Waals surface area contributed by atoms with E-state index < -0.39 is 0 Å². The molecule has 4 aliphatic rings. The molecule has 2 nitrogen and oxygen atoms in total. The van der Waals surface area contributed by atoms with Gasteiger partial charge in [0.15, 0.2) is 0 Å². The Labute approximate surface area is 424 Å². The van der Waals surface area contributed by atoms with Crippen LogP contribution in [0.2, 0.25) is 0 Å². The van der Waals surface area contributed by atoms with Gasteiger partial charge in [-0.3, -0.25) is 0 Å². The molecule has 14 rings (SSSR count). The van der Waals surface area contributed by atoms with E-state index in [1.165, 1.54) is 134 Å². The molecule has 0 N–H and O–H groups in total. The van der Waals surface area contributed by atoms with Crippen molar-refractivity contribution in [3.63, 3.8) is 0 Å². The highest BCUT2D eigenvalue weighted by atomic mass is 15.2. The van der Waals surface area contributed by atoms with E-state index in [4.69, 9.17) is 0 Å². The van der Waals surface area contributed by atoms with Gasteiger partial charge in [-0.05, 0) is 160 Å². The van der Waals surface area contributed by atoms with Crippen LogP contribution < -0.4 is 9.80 Å². The van der Waals surface area contributed by atoms with Crippen molar-refractivity contribution in [2.24, 2.45) is 0 Å². The van der Waals surface area contributed by atoms with Crippen LogP contribution in [0.3, 0.4) is 0 Å². The summed E-state index contributed by atoms with van der Waals surface area (Å²) in [7, 11) is 0. The molecule has 0 radical (unpaired) electrons. The van der Waals surface area contributed by atoms with Gasteiger partial charge in [-0.25, -0.2) is 0 Å². The number of nitrogens with zero attached hydrogens (tertiary/aromatic N) is 2. The van der Waals surface area contributed by atoms with E-state index in [-0.39, 0.29) is 21.7 Å². The van der Waals surface area contributed by atoms with Gasteiger partial charge in [-0.2, -0.15) is 0 Å². The van der Waals surface area contributed by atoms with Gasteiger partial charge in [0, 0.05) is 33.0 Å². The van der Waals surface area contributed by atoms with Crippen LogP contribution >= 0.6 is 0 Å². The number of fused-ring (bicyclic) bond motifs is 12. The molecule has 0 saturated heterocycles. The topological polar surface area (TPSA) is 6.48 Å². The van der Waals surface area contributed by atoms with Gasteiger partial charge in [0.25, 0.3) is 0 Å². The zero-order valence-electron chi connectivity index (χ0n) is 42.5. The maximum absolute atomic E-state index is 2.53. The molecule has 0 fully saturated rings. The van der Waals surface area contributed by atoms with Crippen LogP contribution in [0.1, 0.15) is 111 Å². The number of anilines is 6. The molecular formula is C70H58N2. The molecule has 10 aromatic rings. The van der Waals surface area contributed by atoms with Crippen LogP contribution in [0.15, 0.2) is 194 Å². The standard InChI is InChI=1S/C70H58N2/c1-67(2)55-21-13-15-23-63(55)71(49-31-29-45-17-9-11-19-47(45)37-49)65-41-59-53(39-61(65)67)51-33-27-43(35-57(51)69(59,5)6)25-26-44-28-34-52-54-40-62-66(42-60(54)70(7,8)58(52)36-44)72(64-24-16-14-22-56(64)68(62,3)4)50-32-30-46-18-10-12-20-48(46)38-50/h9-42H,1-8H3/b26-25+. The van der Waals surface area contributed by atoms with Crippen LogP contribution in [-0.2, 0) is 21.7 Å². The zero-order valence-corrected chi connectivity index (χ0v) is 42.5. The second-order valence-electron chi connectivity index (χ2n) is 23.0. The Hall–Kier alpha value is -7.94. The van der Waals surface area contributed by atoms with Gasteiger partial charge in [-0.1, -0.05) is 201 Å². The molecule has 0 aromatic heterocycles. The summed E-state index contributed by atoms with van der Waals surface area (Å²) in [6, 6.07) is 73.6. The Morgan fingerprint density at radius 1 is 0.264 bits per heavy atom. The molecule has 0 atom stereocenters. The van der Waals surface area contributed by atoms with Gasteiger partial charge in [0.05, 0.1) is 22.7 Å². The monoisotopic (exact) mass is 926 g/mol. The molecule has 0 bridgehead atoms. The summed E-state index contributed by atoms with van der Waals surface area (Å²) in [6.07, 6.45) is 4.64. The van der Waals surface area contributed by atoms with E-state index in [0.717, 1.165) is 0 Å². The van der Waals surface area contributed by atoms with Crippen LogP contribution in [0.25, 0.3) is 56.0 Å². The second kappa shape index (κ2) is 14.8. The highest BCUT2D eigenvalue weighted by Gasteiger charge is 2.44. The first-order valence-corrected chi connectivity index (χ1v) is 25.8.